The molecule has 178 valence electrons. The lowest BCUT2D eigenvalue weighted by molar-refractivity contribution is -0.119. The second-order valence-corrected chi connectivity index (χ2v) is 9.55. The number of amides is 2. The molecule has 0 heterocycles. The van der Waals surface area contributed by atoms with Gasteiger partial charge in [0, 0.05) is 22.8 Å². The van der Waals surface area contributed by atoms with Crippen LogP contribution in [0.5, 0.6) is 5.75 Å². The van der Waals surface area contributed by atoms with Crippen molar-refractivity contribution in [3.05, 3.63) is 74.7 Å². The standard InChI is InChI=1S/C28H32N2O4/c1-17-9-10-21(23-16-24(23)27(31)30-33)15-25(17)29-28(32)26-18(2)13-22(14-19(26)3)34-12-11-20-7-5-4-6-8-20/h7,9-10,13-15,23-24H,4-6,8,11-12,16H2,1-3H3,(H,29,32)/t23?,24-/m0/s1. The molecule has 0 spiro atoms. The van der Waals surface area contributed by atoms with Gasteiger partial charge in [-0.3, -0.25) is 9.59 Å². The van der Waals surface area contributed by atoms with Crippen molar-refractivity contribution >= 4 is 17.5 Å². The molecule has 0 radical (unpaired) electrons. The van der Waals surface area contributed by atoms with E-state index in [0.29, 0.717) is 24.3 Å². The van der Waals surface area contributed by atoms with Crippen LogP contribution in [0.15, 0.2) is 47.2 Å². The number of benzene rings is 2. The number of nitrogens with one attached hydrogen (secondary N) is 1. The van der Waals surface area contributed by atoms with Crippen LogP contribution in [0.2, 0.25) is 0 Å². The highest BCUT2D eigenvalue weighted by Gasteiger charge is 2.44. The SMILES string of the molecule is Cc1ccc(C2C[C@@H]2C(=O)N=O)cc1NC(=O)c1c(C)cc(OCCC2=CCCCC2)cc1C. The quantitative estimate of drug-likeness (QED) is 0.358. The van der Waals surface area contributed by atoms with Gasteiger partial charge in [-0.05, 0) is 99.2 Å². The Bertz CT molecular complexity index is 1130. The van der Waals surface area contributed by atoms with E-state index in [-0.39, 0.29) is 17.7 Å². The summed E-state index contributed by atoms with van der Waals surface area (Å²) in [5.74, 6) is -0.331. The third-order valence-corrected chi connectivity index (χ3v) is 6.95. The molecule has 6 heteroatoms. The zero-order valence-corrected chi connectivity index (χ0v) is 20.1. The Kier molecular flexibility index (Phi) is 7.25. The number of rotatable bonds is 8. The number of nitroso groups, excluding NO2 is 1. The van der Waals surface area contributed by atoms with Crippen LogP contribution in [-0.2, 0) is 4.79 Å². The summed E-state index contributed by atoms with van der Waals surface area (Å²) in [6, 6.07) is 9.62. The van der Waals surface area contributed by atoms with Crippen LogP contribution in [0.1, 0.15) is 77.1 Å². The fourth-order valence-corrected chi connectivity index (χ4v) is 4.89. The van der Waals surface area contributed by atoms with E-state index in [1.807, 2.05) is 51.1 Å². The van der Waals surface area contributed by atoms with Gasteiger partial charge >= 0.3 is 0 Å². The maximum absolute atomic E-state index is 13.2. The van der Waals surface area contributed by atoms with Gasteiger partial charge in [0.25, 0.3) is 11.8 Å². The molecule has 4 rings (SSSR count). The number of carbonyl (C=O) groups is 2. The minimum atomic E-state index is -0.597. The topological polar surface area (TPSA) is 84.8 Å². The van der Waals surface area contributed by atoms with Crippen LogP contribution in [0.4, 0.5) is 5.69 Å². The van der Waals surface area contributed by atoms with Crippen molar-refractivity contribution in [2.45, 2.75) is 65.2 Å². The highest BCUT2D eigenvalue weighted by molar-refractivity contribution is 6.06. The maximum Gasteiger partial charge on any atom is 0.290 e. The van der Waals surface area contributed by atoms with Crippen molar-refractivity contribution in [2.24, 2.45) is 11.1 Å². The Morgan fingerprint density at radius 3 is 2.50 bits per heavy atom. The first kappa shape index (κ1) is 23.9. The predicted molar refractivity (Wildman–Crippen MR) is 133 cm³/mol. The summed E-state index contributed by atoms with van der Waals surface area (Å²) in [6.45, 7) is 6.43. The summed E-state index contributed by atoms with van der Waals surface area (Å²) in [7, 11) is 0. The molecule has 34 heavy (non-hydrogen) atoms. The van der Waals surface area contributed by atoms with Crippen molar-refractivity contribution in [2.75, 3.05) is 11.9 Å². The molecule has 2 aromatic carbocycles. The minimum absolute atomic E-state index is 0.00858. The minimum Gasteiger partial charge on any atom is -0.493 e. The zero-order chi connectivity index (χ0) is 24.2. The van der Waals surface area contributed by atoms with Crippen LogP contribution in [0.3, 0.4) is 0 Å². The summed E-state index contributed by atoms with van der Waals surface area (Å²) >= 11 is 0. The zero-order valence-electron chi connectivity index (χ0n) is 20.1. The molecule has 2 aromatic rings. The summed E-state index contributed by atoms with van der Waals surface area (Å²) in [5, 5.41) is 5.59. The van der Waals surface area contributed by atoms with Gasteiger partial charge in [0.2, 0.25) is 0 Å². The van der Waals surface area contributed by atoms with Crippen LogP contribution < -0.4 is 10.1 Å². The first-order chi connectivity index (χ1) is 16.4. The van der Waals surface area contributed by atoms with E-state index in [9.17, 15) is 14.5 Å². The smallest absolute Gasteiger partial charge is 0.290 e. The molecule has 2 amide bonds. The third kappa shape index (κ3) is 5.44. The number of hydrogen-bond acceptors (Lipinski definition) is 4. The Morgan fingerprint density at radius 2 is 1.82 bits per heavy atom. The van der Waals surface area contributed by atoms with Crippen molar-refractivity contribution < 1.29 is 14.3 Å². The number of carbonyl (C=O) groups excluding carboxylic acids is 2. The first-order valence-electron chi connectivity index (χ1n) is 12.1. The average Bonchev–Trinajstić information content (AvgIpc) is 3.61. The number of allylic oxidation sites excluding steroid dienone is 1. The van der Waals surface area contributed by atoms with E-state index in [1.54, 1.807) is 0 Å². The van der Waals surface area contributed by atoms with Gasteiger partial charge in [-0.25, -0.2) is 0 Å². The maximum atomic E-state index is 13.2. The predicted octanol–water partition coefficient (Wildman–Crippen LogP) is 6.53. The highest BCUT2D eigenvalue weighted by atomic mass is 16.5. The number of anilines is 1. The van der Waals surface area contributed by atoms with Crippen LogP contribution in [0.25, 0.3) is 0 Å². The van der Waals surface area contributed by atoms with Gasteiger partial charge in [-0.15, -0.1) is 4.91 Å². The molecule has 0 bridgehead atoms. The number of aryl methyl sites for hydroxylation is 3. The van der Waals surface area contributed by atoms with Crippen molar-refractivity contribution in [1.82, 2.24) is 0 Å². The molecule has 1 fully saturated rings. The van der Waals surface area contributed by atoms with E-state index >= 15 is 0 Å². The summed E-state index contributed by atoms with van der Waals surface area (Å²) < 4.78 is 6.00. The normalized spacial score (nSPS) is 19.2. The molecule has 1 saturated carbocycles. The Morgan fingerprint density at radius 1 is 1.06 bits per heavy atom. The Balaban J connectivity index is 1.43. The van der Waals surface area contributed by atoms with E-state index in [0.717, 1.165) is 34.4 Å². The lowest BCUT2D eigenvalue weighted by atomic mass is 9.97. The van der Waals surface area contributed by atoms with Gasteiger partial charge in [-0.1, -0.05) is 23.8 Å². The van der Waals surface area contributed by atoms with Gasteiger partial charge < -0.3 is 10.1 Å². The molecule has 2 aliphatic rings. The van der Waals surface area contributed by atoms with Crippen molar-refractivity contribution in [3.8, 4) is 5.75 Å². The average molecular weight is 461 g/mol. The molecular weight excluding hydrogens is 428 g/mol. The van der Waals surface area contributed by atoms with Gasteiger partial charge in [0.05, 0.1) is 12.5 Å². The Hall–Kier alpha value is -3.28. The second-order valence-electron chi connectivity index (χ2n) is 9.55. The molecule has 1 N–H and O–H groups in total. The molecular formula is C28H32N2O4. The molecule has 2 aliphatic carbocycles. The molecule has 0 aromatic heterocycles. The fraction of sp³-hybridized carbons (Fsp3) is 0.429. The third-order valence-electron chi connectivity index (χ3n) is 6.95. The van der Waals surface area contributed by atoms with Crippen molar-refractivity contribution in [1.29, 1.82) is 0 Å². The van der Waals surface area contributed by atoms with E-state index in [2.05, 4.69) is 16.6 Å². The van der Waals surface area contributed by atoms with E-state index in [1.165, 1.54) is 31.3 Å². The molecule has 2 atom stereocenters. The lowest BCUT2D eigenvalue weighted by Gasteiger charge is -2.16. The number of hydrogen-bond donors (Lipinski definition) is 1. The second kappa shape index (κ2) is 10.3. The number of ether oxygens (including phenoxy) is 1. The monoisotopic (exact) mass is 460 g/mol. The highest BCUT2D eigenvalue weighted by Crippen LogP contribution is 2.48. The van der Waals surface area contributed by atoms with Crippen LogP contribution in [0, 0.1) is 31.6 Å². The Labute approximate surface area is 200 Å². The van der Waals surface area contributed by atoms with Gasteiger partial charge in [0.1, 0.15) is 5.75 Å². The first-order valence-corrected chi connectivity index (χ1v) is 12.1. The van der Waals surface area contributed by atoms with Crippen LogP contribution in [-0.4, -0.2) is 18.4 Å². The van der Waals surface area contributed by atoms with Gasteiger partial charge in [0.15, 0.2) is 0 Å². The molecule has 0 aliphatic heterocycles. The summed E-state index contributed by atoms with van der Waals surface area (Å²) in [5.41, 5.74) is 6.43. The molecule has 6 nitrogen and oxygen atoms in total. The van der Waals surface area contributed by atoms with Gasteiger partial charge in [-0.2, -0.15) is 0 Å². The van der Waals surface area contributed by atoms with Crippen molar-refractivity contribution in [3.63, 3.8) is 0 Å². The van der Waals surface area contributed by atoms with E-state index < -0.39 is 5.91 Å². The summed E-state index contributed by atoms with van der Waals surface area (Å²) in [6.07, 6.45) is 8.82. The molecule has 0 saturated heterocycles. The summed E-state index contributed by atoms with van der Waals surface area (Å²) in [4.78, 5) is 35.3. The number of nitrogens with zero attached hydrogens (tertiary/aromatic N) is 1. The largest absolute Gasteiger partial charge is 0.493 e. The molecule has 1 unspecified atom stereocenters. The lowest BCUT2D eigenvalue weighted by Crippen LogP contribution is -2.16. The fourth-order valence-electron chi connectivity index (χ4n) is 4.89. The van der Waals surface area contributed by atoms with E-state index in [4.69, 9.17) is 4.74 Å². The van der Waals surface area contributed by atoms with Crippen LogP contribution >= 0.6 is 0 Å².